The first kappa shape index (κ1) is 15.1. The molecule has 1 fully saturated rings. The van der Waals surface area contributed by atoms with Crippen LogP contribution in [0.2, 0.25) is 0 Å². The average Bonchev–Trinajstić information content (AvgIpc) is 2.33. The molecular formula is C12H14BrF2N3O2. The summed E-state index contributed by atoms with van der Waals surface area (Å²) in [6, 6.07) is 1.16. The third-order valence-electron chi connectivity index (χ3n) is 3.20. The van der Waals surface area contributed by atoms with Crippen LogP contribution in [0.3, 0.4) is 0 Å². The number of halogens is 3. The smallest absolute Gasteiger partial charge is 0.329 e. The van der Waals surface area contributed by atoms with Crippen molar-refractivity contribution in [1.82, 2.24) is 5.32 Å². The fourth-order valence-corrected chi connectivity index (χ4v) is 2.81. The molecular weight excluding hydrogens is 336 g/mol. The zero-order chi connectivity index (χ0) is 15.0. The molecule has 0 aromatic heterocycles. The van der Waals surface area contributed by atoms with Crippen LogP contribution in [0.25, 0.3) is 0 Å². The van der Waals surface area contributed by atoms with Crippen LogP contribution < -0.4 is 10.2 Å². The molecule has 1 heterocycles. The summed E-state index contributed by atoms with van der Waals surface area (Å²) in [6.07, 6.45) is 0. The number of nitro benzene ring substituents is 1. The highest BCUT2D eigenvalue weighted by Crippen LogP contribution is 2.37. The predicted octanol–water partition coefficient (Wildman–Crippen LogP) is 2.82. The third kappa shape index (κ3) is 2.76. The Morgan fingerprint density at radius 2 is 1.95 bits per heavy atom. The van der Waals surface area contributed by atoms with Crippen molar-refractivity contribution in [2.24, 2.45) is 0 Å². The van der Waals surface area contributed by atoms with Gasteiger partial charge in [0, 0.05) is 31.2 Å². The highest BCUT2D eigenvalue weighted by molar-refractivity contribution is 9.10. The minimum Gasteiger partial charge on any atom is -0.363 e. The molecule has 2 rings (SSSR count). The molecule has 1 aliphatic rings. The number of anilines is 1. The number of nitro groups is 1. The second kappa shape index (κ2) is 5.61. The Bertz CT molecular complexity index is 546. The lowest BCUT2D eigenvalue weighted by molar-refractivity contribution is -0.386. The fourth-order valence-electron chi connectivity index (χ4n) is 2.51. The first-order valence-electron chi connectivity index (χ1n) is 6.14. The number of nitrogens with one attached hydrogen (secondary N) is 1. The van der Waals surface area contributed by atoms with Gasteiger partial charge in [0.25, 0.3) is 0 Å². The molecule has 1 aromatic carbocycles. The van der Waals surface area contributed by atoms with E-state index in [2.05, 4.69) is 21.2 Å². The largest absolute Gasteiger partial charge is 0.363 e. The molecule has 0 aliphatic carbocycles. The van der Waals surface area contributed by atoms with Crippen molar-refractivity contribution in [3.8, 4) is 0 Å². The summed E-state index contributed by atoms with van der Waals surface area (Å²) < 4.78 is 27.1. The topological polar surface area (TPSA) is 58.4 Å². The number of hydrogen-bond donors (Lipinski definition) is 1. The van der Waals surface area contributed by atoms with E-state index in [-0.39, 0.29) is 17.8 Å². The molecule has 110 valence electrons. The lowest BCUT2D eigenvalue weighted by Gasteiger charge is -2.37. The van der Waals surface area contributed by atoms with E-state index in [1.165, 1.54) is 0 Å². The molecule has 0 saturated carbocycles. The van der Waals surface area contributed by atoms with Gasteiger partial charge in [-0.25, -0.2) is 4.39 Å². The summed E-state index contributed by atoms with van der Waals surface area (Å²) in [4.78, 5) is 11.9. The molecule has 0 unspecified atom stereocenters. The van der Waals surface area contributed by atoms with Gasteiger partial charge in [-0.15, -0.1) is 0 Å². The molecule has 0 bridgehead atoms. The van der Waals surface area contributed by atoms with Gasteiger partial charge in [0.2, 0.25) is 5.82 Å². The SMILES string of the molecule is C[C@@H]1CN(c2cc(F)c(Br)c(F)c2[N+](=O)[O-])C[C@H](C)N1. The van der Waals surface area contributed by atoms with E-state index < -0.39 is 26.7 Å². The molecule has 8 heteroatoms. The van der Waals surface area contributed by atoms with Crippen molar-refractivity contribution >= 4 is 27.3 Å². The number of nitrogens with zero attached hydrogens (tertiary/aromatic N) is 2. The van der Waals surface area contributed by atoms with E-state index in [0.717, 1.165) is 6.07 Å². The molecule has 1 aromatic rings. The fraction of sp³-hybridized carbons (Fsp3) is 0.500. The lowest BCUT2D eigenvalue weighted by atomic mass is 10.1. The van der Waals surface area contributed by atoms with Gasteiger partial charge in [-0.05, 0) is 29.8 Å². The van der Waals surface area contributed by atoms with Crippen LogP contribution in [0.5, 0.6) is 0 Å². The molecule has 0 spiro atoms. The van der Waals surface area contributed by atoms with Gasteiger partial charge in [0.15, 0.2) is 0 Å². The van der Waals surface area contributed by atoms with E-state index in [0.29, 0.717) is 13.1 Å². The Labute approximate surface area is 123 Å². The first-order chi connectivity index (χ1) is 9.31. The van der Waals surface area contributed by atoms with E-state index in [1.807, 2.05) is 13.8 Å². The zero-order valence-corrected chi connectivity index (χ0v) is 12.6. The number of rotatable bonds is 2. The van der Waals surface area contributed by atoms with Crippen molar-refractivity contribution < 1.29 is 13.7 Å². The first-order valence-corrected chi connectivity index (χ1v) is 6.93. The van der Waals surface area contributed by atoms with Gasteiger partial charge in [-0.1, -0.05) is 0 Å². The monoisotopic (exact) mass is 349 g/mol. The van der Waals surface area contributed by atoms with Crippen LogP contribution in [-0.4, -0.2) is 30.1 Å². The number of piperazine rings is 1. The van der Waals surface area contributed by atoms with E-state index >= 15 is 0 Å². The van der Waals surface area contributed by atoms with Crippen LogP contribution >= 0.6 is 15.9 Å². The standard InChI is InChI=1S/C12H14BrF2N3O2/c1-6-4-17(5-7(2)16-6)9-3-8(14)10(13)11(15)12(9)18(19)20/h3,6-7,16H,4-5H2,1-2H3/t6-,7+. The second-order valence-electron chi connectivity index (χ2n) is 4.98. The zero-order valence-electron chi connectivity index (χ0n) is 11.0. The maximum Gasteiger partial charge on any atom is 0.329 e. The molecule has 5 nitrogen and oxygen atoms in total. The summed E-state index contributed by atoms with van der Waals surface area (Å²) in [6.45, 7) is 4.73. The molecule has 0 amide bonds. The van der Waals surface area contributed by atoms with Gasteiger partial charge < -0.3 is 10.2 Å². The van der Waals surface area contributed by atoms with Gasteiger partial charge in [-0.2, -0.15) is 4.39 Å². The lowest BCUT2D eigenvalue weighted by Crippen LogP contribution is -2.54. The molecule has 2 atom stereocenters. The molecule has 0 radical (unpaired) electrons. The minimum atomic E-state index is -1.18. The average molecular weight is 350 g/mol. The molecule has 1 N–H and O–H groups in total. The third-order valence-corrected chi connectivity index (χ3v) is 3.92. The summed E-state index contributed by atoms with van der Waals surface area (Å²) in [5.41, 5.74) is -0.715. The predicted molar refractivity (Wildman–Crippen MR) is 75.0 cm³/mol. The van der Waals surface area contributed by atoms with Crippen LogP contribution in [0.1, 0.15) is 13.8 Å². The van der Waals surface area contributed by atoms with Crippen LogP contribution in [0.15, 0.2) is 10.5 Å². The van der Waals surface area contributed by atoms with E-state index in [9.17, 15) is 18.9 Å². The highest BCUT2D eigenvalue weighted by Gasteiger charge is 2.32. The van der Waals surface area contributed by atoms with Gasteiger partial charge >= 0.3 is 5.69 Å². The Morgan fingerprint density at radius 3 is 2.45 bits per heavy atom. The van der Waals surface area contributed by atoms with Gasteiger partial charge in [0.05, 0.1) is 9.40 Å². The van der Waals surface area contributed by atoms with Gasteiger partial charge in [0.1, 0.15) is 11.5 Å². The number of benzene rings is 1. The maximum absolute atomic E-state index is 14.0. The van der Waals surface area contributed by atoms with Crippen molar-refractivity contribution in [3.63, 3.8) is 0 Å². The van der Waals surface area contributed by atoms with Crippen LogP contribution in [0.4, 0.5) is 20.2 Å². The number of hydrogen-bond acceptors (Lipinski definition) is 4. The molecule has 20 heavy (non-hydrogen) atoms. The summed E-state index contributed by atoms with van der Waals surface area (Å²) in [5.74, 6) is -2.02. The van der Waals surface area contributed by atoms with Crippen molar-refractivity contribution in [2.45, 2.75) is 25.9 Å². The van der Waals surface area contributed by atoms with E-state index in [1.54, 1.807) is 4.90 Å². The van der Waals surface area contributed by atoms with E-state index in [4.69, 9.17) is 0 Å². The van der Waals surface area contributed by atoms with Crippen molar-refractivity contribution in [3.05, 3.63) is 32.3 Å². The van der Waals surface area contributed by atoms with Gasteiger partial charge in [-0.3, -0.25) is 10.1 Å². The van der Waals surface area contributed by atoms with Crippen LogP contribution in [0, 0.1) is 21.7 Å². The summed E-state index contributed by atoms with van der Waals surface area (Å²) in [5, 5.41) is 14.4. The summed E-state index contributed by atoms with van der Waals surface area (Å²) in [7, 11) is 0. The Hall–Kier alpha value is -1.28. The Balaban J connectivity index is 2.52. The second-order valence-corrected chi connectivity index (χ2v) is 5.78. The van der Waals surface area contributed by atoms with Crippen molar-refractivity contribution in [1.29, 1.82) is 0 Å². The normalized spacial score (nSPS) is 22.9. The highest BCUT2D eigenvalue weighted by atomic mass is 79.9. The molecule has 1 saturated heterocycles. The molecule has 1 aliphatic heterocycles. The van der Waals surface area contributed by atoms with Crippen molar-refractivity contribution in [2.75, 3.05) is 18.0 Å². The minimum absolute atomic E-state index is 0.0200. The Kier molecular flexibility index (Phi) is 4.24. The summed E-state index contributed by atoms with van der Waals surface area (Å²) >= 11 is 2.69. The van der Waals surface area contributed by atoms with Crippen LogP contribution in [-0.2, 0) is 0 Å². The maximum atomic E-state index is 14.0. The Morgan fingerprint density at radius 1 is 1.40 bits per heavy atom. The quantitative estimate of drug-likeness (QED) is 0.506.